The average molecular weight is 237 g/mol. The van der Waals surface area contributed by atoms with Crippen molar-refractivity contribution in [2.75, 3.05) is 0 Å². The van der Waals surface area contributed by atoms with E-state index < -0.39 is 11.6 Å². The highest BCUT2D eigenvalue weighted by Gasteiger charge is 2.14. The third kappa shape index (κ3) is 2.06. The van der Waals surface area contributed by atoms with Crippen LogP contribution in [0, 0.1) is 18.6 Å². The van der Waals surface area contributed by atoms with Crippen molar-refractivity contribution in [3.8, 4) is 5.69 Å². The van der Waals surface area contributed by atoms with E-state index in [9.17, 15) is 8.78 Å². The third-order valence-corrected chi connectivity index (χ3v) is 2.62. The Morgan fingerprint density at radius 3 is 2.65 bits per heavy atom. The topological polar surface area (TPSA) is 43.8 Å². The van der Waals surface area contributed by atoms with E-state index in [0.717, 1.165) is 12.1 Å². The van der Waals surface area contributed by atoms with Gasteiger partial charge in [-0.15, -0.1) is 0 Å². The maximum Gasteiger partial charge on any atom is 0.147 e. The lowest BCUT2D eigenvalue weighted by Crippen LogP contribution is -2.11. The summed E-state index contributed by atoms with van der Waals surface area (Å²) in [5.74, 6) is -0.950. The Kier molecular flexibility index (Phi) is 2.93. The number of nitrogens with zero attached hydrogens (tertiary/aromatic N) is 2. The molecule has 0 bridgehead atoms. The Labute approximate surface area is 97.9 Å². The highest BCUT2D eigenvalue weighted by molar-refractivity contribution is 5.39. The Morgan fingerprint density at radius 2 is 2.00 bits per heavy atom. The summed E-state index contributed by atoms with van der Waals surface area (Å²) in [4.78, 5) is 3.91. The second-order valence-corrected chi connectivity index (χ2v) is 4.03. The SMILES string of the molecule is Cc1cc(F)c(-n2cncc2C(C)N)cc1F. The Morgan fingerprint density at radius 1 is 1.29 bits per heavy atom. The van der Waals surface area contributed by atoms with Crippen LogP contribution >= 0.6 is 0 Å². The lowest BCUT2D eigenvalue weighted by molar-refractivity contribution is 0.582. The van der Waals surface area contributed by atoms with Crippen LogP contribution in [0.2, 0.25) is 0 Å². The number of aromatic nitrogens is 2. The molecule has 2 N–H and O–H groups in total. The molecule has 2 rings (SSSR count). The molecule has 1 atom stereocenters. The fourth-order valence-corrected chi connectivity index (χ4v) is 1.66. The van der Waals surface area contributed by atoms with E-state index in [1.54, 1.807) is 13.1 Å². The van der Waals surface area contributed by atoms with E-state index in [4.69, 9.17) is 5.73 Å². The van der Waals surface area contributed by atoms with E-state index in [0.29, 0.717) is 5.69 Å². The van der Waals surface area contributed by atoms with Gasteiger partial charge in [-0.1, -0.05) is 0 Å². The molecule has 0 saturated heterocycles. The van der Waals surface area contributed by atoms with Crippen molar-refractivity contribution < 1.29 is 8.78 Å². The number of rotatable bonds is 2. The number of hydrogen-bond acceptors (Lipinski definition) is 2. The van der Waals surface area contributed by atoms with Crippen molar-refractivity contribution in [3.63, 3.8) is 0 Å². The predicted octanol–water partition coefficient (Wildman–Crippen LogP) is 2.48. The van der Waals surface area contributed by atoms with E-state index in [1.807, 2.05) is 0 Å². The minimum atomic E-state index is -0.496. The zero-order chi connectivity index (χ0) is 12.6. The van der Waals surface area contributed by atoms with Crippen molar-refractivity contribution >= 4 is 0 Å². The van der Waals surface area contributed by atoms with Gasteiger partial charge in [-0.3, -0.25) is 4.57 Å². The highest BCUT2D eigenvalue weighted by atomic mass is 19.1. The largest absolute Gasteiger partial charge is 0.323 e. The second-order valence-electron chi connectivity index (χ2n) is 4.03. The van der Waals surface area contributed by atoms with E-state index in [1.165, 1.54) is 17.8 Å². The summed E-state index contributed by atoms with van der Waals surface area (Å²) in [6.45, 7) is 3.28. The molecule has 5 heteroatoms. The van der Waals surface area contributed by atoms with Gasteiger partial charge in [-0.2, -0.15) is 0 Å². The summed E-state index contributed by atoms with van der Waals surface area (Å²) in [6.07, 6.45) is 2.97. The Hall–Kier alpha value is -1.75. The number of imidazole rings is 1. The molecule has 0 radical (unpaired) electrons. The van der Waals surface area contributed by atoms with Crippen LogP contribution in [-0.4, -0.2) is 9.55 Å². The Balaban J connectivity index is 2.60. The zero-order valence-corrected chi connectivity index (χ0v) is 9.61. The van der Waals surface area contributed by atoms with E-state index in [2.05, 4.69) is 4.98 Å². The van der Waals surface area contributed by atoms with Gasteiger partial charge in [0.2, 0.25) is 0 Å². The number of halogens is 2. The molecule has 0 saturated carbocycles. The molecule has 0 aliphatic rings. The van der Waals surface area contributed by atoms with Crippen LogP contribution in [0.4, 0.5) is 8.78 Å². The predicted molar refractivity (Wildman–Crippen MR) is 60.8 cm³/mol. The van der Waals surface area contributed by atoms with Crippen molar-refractivity contribution in [2.45, 2.75) is 19.9 Å². The molecular weight excluding hydrogens is 224 g/mol. The molecule has 0 aliphatic heterocycles. The molecule has 1 unspecified atom stereocenters. The summed E-state index contributed by atoms with van der Waals surface area (Å²) in [6, 6.07) is 2.01. The first-order valence-corrected chi connectivity index (χ1v) is 5.24. The first kappa shape index (κ1) is 11.7. The summed E-state index contributed by atoms with van der Waals surface area (Å²) in [5.41, 5.74) is 6.76. The fourth-order valence-electron chi connectivity index (χ4n) is 1.66. The number of nitrogens with two attached hydrogens (primary N) is 1. The molecule has 0 amide bonds. The van der Waals surface area contributed by atoms with Crippen LogP contribution in [0.15, 0.2) is 24.7 Å². The molecule has 0 spiro atoms. The van der Waals surface area contributed by atoms with E-state index >= 15 is 0 Å². The summed E-state index contributed by atoms with van der Waals surface area (Å²) in [7, 11) is 0. The molecule has 0 aliphatic carbocycles. The number of aryl methyl sites for hydroxylation is 1. The molecule has 2 aromatic rings. The molecule has 1 aromatic carbocycles. The molecule has 17 heavy (non-hydrogen) atoms. The van der Waals surface area contributed by atoms with Crippen LogP contribution in [0.3, 0.4) is 0 Å². The maximum atomic E-state index is 13.8. The van der Waals surface area contributed by atoms with Gasteiger partial charge in [0.15, 0.2) is 0 Å². The molecule has 3 nitrogen and oxygen atoms in total. The molecule has 1 aromatic heterocycles. The van der Waals surface area contributed by atoms with Crippen LogP contribution in [-0.2, 0) is 0 Å². The van der Waals surface area contributed by atoms with E-state index in [-0.39, 0.29) is 17.3 Å². The molecule has 0 fully saturated rings. The van der Waals surface area contributed by atoms with Crippen molar-refractivity contribution in [1.29, 1.82) is 0 Å². The fraction of sp³-hybridized carbons (Fsp3) is 0.250. The lowest BCUT2D eigenvalue weighted by atomic mass is 10.2. The van der Waals surface area contributed by atoms with Crippen LogP contribution < -0.4 is 5.73 Å². The molecular formula is C12H13F2N3. The van der Waals surface area contributed by atoms with Gasteiger partial charge in [-0.25, -0.2) is 13.8 Å². The highest BCUT2D eigenvalue weighted by Crippen LogP contribution is 2.21. The van der Waals surface area contributed by atoms with Gasteiger partial charge in [-0.05, 0) is 25.5 Å². The van der Waals surface area contributed by atoms with Crippen LogP contribution in [0.1, 0.15) is 24.2 Å². The van der Waals surface area contributed by atoms with Crippen LogP contribution in [0.5, 0.6) is 0 Å². The van der Waals surface area contributed by atoms with Crippen LogP contribution in [0.25, 0.3) is 5.69 Å². The number of hydrogen-bond donors (Lipinski definition) is 1. The third-order valence-electron chi connectivity index (χ3n) is 2.62. The summed E-state index contributed by atoms with van der Waals surface area (Å²) < 4.78 is 28.7. The Bertz CT molecular complexity index is 547. The normalized spacial score (nSPS) is 12.8. The maximum absolute atomic E-state index is 13.8. The zero-order valence-electron chi connectivity index (χ0n) is 9.61. The summed E-state index contributed by atoms with van der Waals surface area (Å²) in [5, 5.41) is 0. The van der Waals surface area contributed by atoms with Gasteiger partial charge in [0.1, 0.15) is 11.6 Å². The minimum absolute atomic E-state index is 0.123. The van der Waals surface area contributed by atoms with Crippen molar-refractivity contribution in [3.05, 3.63) is 47.5 Å². The average Bonchev–Trinajstić information content (AvgIpc) is 2.72. The first-order chi connectivity index (χ1) is 8.00. The number of benzene rings is 1. The second kappa shape index (κ2) is 4.25. The quantitative estimate of drug-likeness (QED) is 0.872. The first-order valence-electron chi connectivity index (χ1n) is 5.24. The van der Waals surface area contributed by atoms with Gasteiger partial charge in [0.05, 0.1) is 23.9 Å². The van der Waals surface area contributed by atoms with Gasteiger partial charge in [0, 0.05) is 12.1 Å². The molecule has 90 valence electrons. The summed E-state index contributed by atoms with van der Waals surface area (Å²) >= 11 is 0. The standard InChI is InChI=1S/C12H13F2N3/c1-7-3-10(14)11(4-9(7)13)17-6-16-5-12(17)8(2)15/h3-6,8H,15H2,1-2H3. The molecule has 1 heterocycles. The minimum Gasteiger partial charge on any atom is -0.323 e. The van der Waals surface area contributed by atoms with Crippen molar-refractivity contribution in [1.82, 2.24) is 9.55 Å². The van der Waals surface area contributed by atoms with Gasteiger partial charge < -0.3 is 5.73 Å². The van der Waals surface area contributed by atoms with Gasteiger partial charge >= 0.3 is 0 Å². The monoisotopic (exact) mass is 237 g/mol. The lowest BCUT2D eigenvalue weighted by Gasteiger charge is -2.12. The smallest absolute Gasteiger partial charge is 0.147 e. The van der Waals surface area contributed by atoms with Gasteiger partial charge in [0.25, 0.3) is 0 Å². The van der Waals surface area contributed by atoms with Crippen molar-refractivity contribution in [2.24, 2.45) is 5.73 Å².